The molecule has 0 bridgehead atoms. The number of nitrogens with one attached hydrogen (secondary N) is 2. The van der Waals surface area contributed by atoms with Crippen LogP contribution in [0.5, 0.6) is 5.75 Å². The summed E-state index contributed by atoms with van der Waals surface area (Å²) in [4.78, 5) is 38.8. The number of halogens is 1. The molecule has 35 heavy (non-hydrogen) atoms. The van der Waals surface area contributed by atoms with E-state index in [-0.39, 0.29) is 36.7 Å². The molecule has 0 unspecified atom stereocenters. The van der Waals surface area contributed by atoms with Gasteiger partial charge in [-0.15, -0.1) is 0 Å². The number of hydrogen-bond acceptors (Lipinski definition) is 4. The lowest BCUT2D eigenvalue weighted by Gasteiger charge is -2.17. The predicted octanol–water partition coefficient (Wildman–Crippen LogP) is 4.07. The maximum absolute atomic E-state index is 12.6. The van der Waals surface area contributed by atoms with Gasteiger partial charge in [0.1, 0.15) is 5.75 Å². The third-order valence-electron chi connectivity index (χ3n) is 5.68. The minimum atomic E-state index is -0.385. The van der Waals surface area contributed by atoms with Gasteiger partial charge in [0.15, 0.2) is 6.61 Å². The fourth-order valence-corrected chi connectivity index (χ4v) is 4.08. The summed E-state index contributed by atoms with van der Waals surface area (Å²) < 4.78 is 5.54. The van der Waals surface area contributed by atoms with Crippen molar-refractivity contribution >= 4 is 40.7 Å². The molecule has 2 N–H and O–H groups in total. The zero-order chi connectivity index (χ0) is 24.6. The smallest absolute Gasteiger partial charge is 0.262 e. The lowest BCUT2D eigenvalue weighted by Crippen LogP contribution is -2.34. The van der Waals surface area contributed by atoms with E-state index in [2.05, 4.69) is 10.6 Å². The number of rotatable bonds is 9. The van der Waals surface area contributed by atoms with E-state index in [1.807, 2.05) is 30.3 Å². The van der Waals surface area contributed by atoms with Gasteiger partial charge in [0, 0.05) is 35.9 Å². The summed E-state index contributed by atoms with van der Waals surface area (Å²) in [6, 6.07) is 23.7. The highest BCUT2D eigenvalue weighted by Gasteiger charge is 2.34. The van der Waals surface area contributed by atoms with Crippen LogP contribution >= 0.6 is 11.6 Å². The van der Waals surface area contributed by atoms with Gasteiger partial charge in [-0.2, -0.15) is 0 Å². The molecular weight excluding hydrogens is 466 g/mol. The maximum Gasteiger partial charge on any atom is 0.262 e. The first kappa shape index (κ1) is 24.3. The number of nitrogens with zero attached hydrogens (tertiary/aromatic N) is 1. The van der Waals surface area contributed by atoms with Crippen molar-refractivity contribution < 1.29 is 19.1 Å². The molecule has 1 heterocycles. The van der Waals surface area contributed by atoms with Crippen LogP contribution in [0.3, 0.4) is 0 Å². The Labute approximate surface area is 209 Å². The van der Waals surface area contributed by atoms with Crippen LogP contribution in [0.1, 0.15) is 12.0 Å². The molecule has 0 saturated carbocycles. The highest BCUT2D eigenvalue weighted by Crippen LogP contribution is 2.27. The molecule has 7 nitrogen and oxygen atoms in total. The number of carbonyl (C=O) groups is 3. The highest BCUT2D eigenvalue weighted by atomic mass is 35.5. The monoisotopic (exact) mass is 491 g/mol. The first-order chi connectivity index (χ1) is 17.0. The maximum atomic E-state index is 12.6. The van der Waals surface area contributed by atoms with E-state index in [0.29, 0.717) is 35.2 Å². The van der Waals surface area contributed by atoms with Crippen LogP contribution in [-0.4, -0.2) is 37.4 Å². The Morgan fingerprint density at radius 3 is 2.51 bits per heavy atom. The van der Waals surface area contributed by atoms with Gasteiger partial charge in [-0.05, 0) is 54.4 Å². The summed E-state index contributed by atoms with van der Waals surface area (Å²) in [5.41, 5.74) is 2.43. The largest absolute Gasteiger partial charge is 0.484 e. The van der Waals surface area contributed by atoms with Crippen molar-refractivity contribution in [1.29, 1.82) is 0 Å². The zero-order valence-electron chi connectivity index (χ0n) is 19.1. The number of hydrogen-bond donors (Lipinski definition) is 2. The van der Waals surface area contributed by atoms with Crippen LogP contribution in [0, 0.1) is 5.92 Å². The molecule has 1 saturated heterocycles. The summed E-state index contributed by atoms with van der Waals surface area (Å²) >= 11 is 5.92. The average molecular weight is 492 g/mol. The third kappa shape index (κ3) is 6.83. The summed E-state index contributed by atoms with van der Waals surface area (Å²) in [5.74, 6) is -0.404. The number of carbonyl (C=O) groups excluding carboxylic acids is 3. The minimum Gasteiger partial charge on any atom is -0.484 e. The number of ether oxygens (including phenoxy) is 1. The molecule has 1 aliphatic heterocycles. The average Bonchev–Trinajstić information content (AvgIpc) is 3.25. The Morgan fingerprint density at radius 2 is 1.77 bits per heavy atom. The lowest BCUT2D eigenvalue weighted by molar-refractivity contribution is -0.126. The summed E-state index contributed by atoms with van der Waals surface area (Å²) in [6.07, 6.45) is 0.925. The Balaban J connectivity index is 1.24. The normalized spacial score (nSPS) is 15.1. The molecule has 0 aromatic heterocycles. The molecule has 3 aromatic carbocycles. The van der Waals surface area contributed by atoms with Crippen molar-refractivity contribution in [2.24, 2.45) is 5.92 Å². The van der Waals surface area contributed by atoms with Gasteiger partial charge in [0.05, 0.1) is 5.92 Å². The van der Waals surface area contributed by atoms with Crippen LogP contribution in [0.4, 0.5) is 11.4 Å². The SMILES string of the molecule is O=C(COc1ccc(N2C[C@H](C(=O)NCCc3ccccc3)CC2=O)cc1)Nc1cccc(Cl)c1. The highest BCUT2D eigenvalue weighted by molar-refractivity contribution is 6.30. The number of benzene rings is 3. The Bertz CT molecular complexity index is 1180. The summed E-state index contributed by atoms with van der Waals surface area (Å²) in [5, 5.41) is 6.18. The standard InChI is InChI=1S/C27H26ClN3O4/c28-21-7-4-8-22(16-21)30-25(32)18-35-24-11-9-23(10-12-24)31-17-20(15-26(31)33)27(34)29-14-13-19-5-2-1-3-6-19/h1-12,16,20H,13-15,17-18H2,(H,29,34)(H,30,32)/t20-/m1/s1. The van der Waals surface area contributed by atoms with Crippen molar-refractivity contribution in [3.63, 3.8) is 0 Å². The van der Waals surface area contributed by atoms with Crippen molar-refractivity contribution in [3.8, 4) is 5.75 Å². The third-order valence-corrected chi connectivity index (χ3v) is 5.91. The van der Waals surface area contributed by atoms with Crippen LogP contribution in [0.2, 0.25) is 5.02 Å². The lowest BCUT2D eigenvalue weighted by atomic mass is 10.1. The van der Waals surface area contributed by atoms with Gasteiger partial charge in [-0.3, -0.25) is 14.4 Å². The number of anilines is 2. The molecule has 3 amide bonds. The molecule has 180 valence electrons. The Hall–Kier alpha value is -3.84. The second-order valence-corrected chi connectivity index (χ2v) is 8.71. The molecule has 3 aromatic rings. The quantitative estimate of drug-likeness (QED) is 0.472. The second-order valence-electron chi connectivity index (χ2n) is 8.27. The van der Waals surface area contributed by atoms with Crippen molar-refractivity contribution in [1.82, 2.24) is 5.32 Å². The topological polar surface area (TPSA) is 87.7 Å². The fraction of sp³-hybridized carbons (Fsp3) is 0.222. The molecule has 1 aliphatic rings. The summed E-state index contributed by atoms with van der Waals surface area (Å²) in [6.45, 7) is 0.697. The zero-order valence-corrected chi connectivity index (χ0v) is 19.8. The van der Waals surface area contributed by atoms with E-state index < -0.39 is 0 Å². The molecule has 0 radical (unpaired) electrons. The first-order valence-corrected chi connectivity index (χ1v) is 11.8. The Kier molecular flexibility index (Phi) is 8.00. The number of amides is 3. The Morgan fingerprint density at radius 1 is 1.00 bits per heavy atom. The fourth-order valence-electron chi connectivity index (χ4n) is 3.89. The first-order valence-electron chi connectivity index (χ1n) is 11.4. The van der Waals surface area contributed by atoms with Crippen LogP contribution in [0.25, 0.3) is 0 Å². The van der Waals surface area contributed by atoms with E-state index >= 15 is 0 Å². The molecule has 4 rings (SSSR count). The van der Waals surface area contributed by atoms with Crippen LogP contribution in [0.15, 0.2) is 78.9 Å². The van der Waals surface area contributed by atoms with Crippen LogP contribution in [-0.2, 0) is 20.8 Å². The molecule has 0 aliphatic carbocycles. The molecule has 8 heteroatoms. The van der Waals surface area contributed by atoms with E-state index in [4.69, 9.17) is 16.3 Å². The van der Waals surface area contributed by atoms with E-state index in [1.165, 1.54) is 0 Å². The van der Waals surface area contributed by atoms with Gasteiger partial charge in [0.25, 0.3) is 5.91 Å². The molecule has 1 fully saturated rings. The van der Waals surface area contributed by atoms with Gasteiger partial charge in [-0.25, -0.2) is 0 Å². The molecule has 1 atom stereocenters. The predicted molar refractivity (Wildman–Crippen MR) is 136 cm³/mol. The van der Waals surface area contributed by atoms with Crippen molar-refractivity contribution in [2.75, 3.05) is 29.9 Å². The van der Waals surface area contributed by atoms with Gasteiger partial charge in [0.2, 0.25) is 11.8 Å². The van der Waals surface area contributed by atoms with Gasteiger partial charge in [-0.1, -0.05) is 48.0 Å². The van der Waals surface area contributed by atoms with E-state index in [1.54, 1.807) is 53.4 Å². The van der Waals surface area contributed by atoms with Crippen molar-refractivity contribution in [2.45, 2.75) is 12.8 Å². The van der Waals surface area contributed by atoms with Gasteiger partial charge >= 0.3 is 0 Å². The van der Waals surface area contributed by atoms with Crippen LogP contribution < -0.4 is 20.3 Å². The minimum absolute atomic E-state index is 0.0947. The van der Waals surface area contributed by atoms with E-state index in [0.717, 1.165) is 12.0 Å². The van der Waals surface area contributed by atoms with E-state index in [9.17, 15) is 14.4 Å². The molecular formula is C27H26ClN3O4. The van der Waals surface area contributed by atoms with Gasteiger partial charge < -0.3 is 20.3 Å². The van der Waals surface area contributed by atoms with Crippen molar-refractivity contribution in [3.05, 3.63) is 89.4 Å². The summed E-state index contributed by atoms with van der Waals surface area (Å²) in [7, 11) is 0. The molecule has 0 spiro atoms. The second kappa shape index (κ2) is 11.5.